The lowest BCUT2D eigenvalue weighted by molar-refractivity contribution is -0.145. The number of esters is 1. The number of methoxy groups -OCH3 is 1. The fourth-order valence-corrected chi connectivity index (χ4v) is 3.81. The van der Waals surface area contributed by atoms with Crippen molar-refractivity contribution in [2.24, 2.45) is 0 Å². The fraction of sp³-hybridized carbons (Fsp3) is 0.450. The molecule has 0 saturated carbocycles. The van der Waals surface area contributed by atoms with Gasteiger partial charge in [0.1, 0.15) is 10.9 Å². The molecular weight excluding hydrogens is 398 g/mol. The molecule has 1 aromatic carbocycles. The molecule has 1 heterocycles. The lowest BCUT2D eigenvalue weighted by atomic mass is 10.2. The van der Waals surface area contributed by atoms with E-state index in [1.165, 1.54) is 4.90 Å². The van der Waals surface area contributed by atoms with Crippen LogP contribution in [0.2, 0.25) is 0 Å². The van der Waals surface area contributed by atoms with Gasteiger partial charge in [0.05, 0.1) is 25.2 Å². The quantitative estimate of drug-likeness (QED) is 0.244. The molecule has 8 heteroatoms. The van der Waals surface area contributed by atoms with Crippen molar-refractivity contribution in [2.45, 2.75) is 33.1 Å². The summed E-state index contributed by atoms with van der Waals surface area (Å²) in [6, 6.07) is 5.50. The second kappa shape index (κ2) is 11.1. The molecule has 0 atom stereocenters. The van der Waals surface area contributed by atoms with E-state index < -0.39 is 5.97 Å². The van der Waals surface area contributed by atoms with Gasteiger partial charge in [0.25, 0.3) is 5.91 Å². The predicted molar refractivity (Wildman–Crippen MR) is 115 cm³/mol. The average Bonchev–Trinajstić information content (AvgIpc) is 2.93. The van der Waals surface area contributed by atoms with Gasteiger partial charge in [-0.2, -0.15) is 0 Å². The molecule has 0 bridgehead atoms. The highest BCUT2D eigenvalue weighted by molar-refractivity contribution is 8.26. The van der Waals surface area contributed by atoms with Crippen molar-refractivity contribution in [3.8, 4) is 11.5 Å². The van der Waals surface area contributed by atoms with E-state index >= 15 is 0 Å². The predicted octanol–water partition coefficient (Wildman–Crippen LogP) is 4.03. The normalized spacial score (nSPS) is 15.2. The van der Waals surface area contributed by atoms with Crippen LogP contribution in [0.15, 0.2) is 23.1 Å². The van der Waals surface area contributed by atoms with Crippen LogP contribution in [0.5, 0.6) is 11.5 Å². The van der Waals surface area contributed by atoms with Crippen LogP contribution in [-0.2, 0) is 14.3 Å². The van der Waals surface area contributed by atoms with E-state index in [4.69, 9.17) is 26.4 Å². The summed E-state index contributed by atoms with van der Waals surface area (Å²) in [6.45, 7) is 4.58. The largest absolute Gasteiger partial charge is 0.493 e. The Morgan fingerprint density at radius 3 is 2.71 bits per heavy atom. The summed E-state index contributed by atoms with van der Waals surface area (Å²) in [6.07, 6.45) is 4.97. The average molecular weight is 424 g/mol. The first kappa shape index (κ1) is 22.2. The van der Waals surface area contributed by atoms with Gasteiger partial charge in [0.15, 0.2) is 11.5 Å². The number of benzene rings is 1. The summed E-state index contributed by atoms with van der Waals surface area (Å²) in [5.41, 5.74) is 0.786. The molecular formula is C20H25NO5S2. The number of hydrogen-bond acceptors (Lipinski definition) is 7. The van der Waals surface area contributed by atoms with E-state index in [1.807, 2.05) is 18.2 Å². The van der Waals surface area contributed by atoms with Crippen LogP contribution >= 0.6 is 24.0 Å². The maximum atomic E-state index is 12.6. The van der Waals surface area contributed by atoms with Crippen molar-refractivity contribution in [2.75, 3.05) is 26.9 Å². The molecule has 2 rings (SSSR count). The molecule has 1 aliphatic heterocycles. The second-order valence-corrected chi connectivity index (χ2v) is 7.71. The molecule has 1 fully saturated rings. The summed E-state index contributed by atoms with van der Waals surface area (Å²) in [5.74, 6) is 0.492. The van der Waals surface area contributed by atoms with Crippen molar-refractivity contribution in [3.05, 3.63) is 28.7 Å². The molecule has 0 aromatic heterocycles. The summed E-state index contributed by atoms with van der Waals surface area (Å²) in [5, 5.41) is 0. The Morgan fingerprint density at radius 2 is 2.04 bits per heavy atom. The number of unbranched alkanes of at least 4 members (excludes halogenated alkanes) is 2. The monoisotopic (exact) mass is 423 g/mol. The van der Waals surface area contributed by atoms with E-state index in [9.17, 15) is 9.59 Å². The van der Waals surface area contributed by atoms with E-state index in [2.05, 4.69) is 6.92 Å². The Hall–Kier alpha value is -2.06. The Labute approximate surface area is 175 Å². The van der Waals surface area contributed by atoms with Gasteiger partial charge in [-0.1, -0.05) is 49.8 Å². The van der Waals surface area contributed by atoms with Crippen LogP contribution in [0.1, 0.15) is 38.7 Å². The Kier molecular flexibility index (Phi) is 8.79. The van der Waals surface area contributed by atoms with Crippen molar-refractivity contribution in [1.29, 1.82) is 0 Å². The van der Waals surface area contributed by atoms with Gasteiger partial charge in [-0.05, 0) is 37.1 Å². The van der Waals surface area contributed by atoms with Gasteiger partial charge < -0.3 is 14.2 Å². The van der Waals surface area contributed by atoms with Gasteiger partial charge in [-0.25, -0.2) is 0 Å². The first-order valence-electron chi connectivity index (χ1n) is 9.22. The number of rotatable bonds is 10. The number of carbonyl (C=O) groups is 2. The van der Waals surface area contributed by atoms with Crippen LogP contribution in [-0.4, -0.2) is 48.0 Å². The molecule has 1 aliphatic rings. The van der Waals surface area contributed by atoms with Crippen LogP contribution in [0.4, 0.5) is 0 Å². The number of hydrogen-bond donors (Lipinski definition) is 0. The second-order valence-electron chi connectivity index (χ2n) is 6.04. The number of amides is 1. The van der Waals surface area contributed by atoms with E-state index in [1.54, 1.807) is 20.1 Å². The highest BCUT2D eigenvalue weighted by Crippen LogP contribution is 2.34. The van der Waals surface area contributed by atoms with Gasteiger partial charge in [0.2, 0.25) is 0 Å². The number of thiocarbonyl (C=S) groups is 1. The Bertz CT molecular complexity index is 763. The minimum absolute atomic E-state index is 0.177. The first-order chi connectivity index (χ1) is 13.5. The topological polar surface area (TPSA) is 65.1 Å². The highest BCUT2D eigenvalue weighted by Gasteiger charge is 2.33. The van der Waals surface area contributed by atoms with Crippen molar-refractivity contribution in [3.63, 3.8) is 0 Å². The number of ether oxygens (including phenoxy) is 3. The van der Waals surface area contributed by atoms with Gasteiger partial charge >= 0.3 is 5.97 Å². The zero-order chi connectivity index (χ0) is 20.5. The molecule has 152 valence electrons. The molecule has 0 spiro atoms. The fourth-order valence-electron chi connectivity index (χ4n) is 2.55. The Balaban J connectivity index is 2.10. The SMILES string of the molecule is CCCCCOc1ccc(/C=C2\SC(=S)N(CC(=O)OCC)C2=O)cc1OC. The zero-order valence-electron chi connectivity index (χ0n) is 16.4. The molecule has 1 aromatic rings. The lowest BCUT2D eigenvalue weighted by Gasteiger charge is -2.13. The summed E-state index contributed by atoms with van der Waals surface area (Å²) in [7, 11) is 1.58. The molecule has 1 saturated heterocycles. The molecule has 0 aliphatic carbocycles. The van der Waals surface area contributed by atoms with Crippen molar-refractivity contribution in [1.82, 2.24) is 4.90 Å². The number of thioether (sulfide) groups is 1. The standard InChI is InChI=1S/C20H25NO5S2/c1-4-6-7-10-26-15-9-8-14(11-16(15)24-3)12-17-19(23)21(20(27)28-17)13-18(22)25-5-2/h8-9,11-12H,4-7,10,13H2,1-3H3/b17-12-. The van der Waals surface area contributed by atoms with Crippen LogP contribution in [0.3, 0.4) is 0 Å². The van der Waals surface area contributed by atoms with E-state index in [0.29, 0.717) is 27.3 Å². The maximum absolute atomic E-state index is 12.6. The first-order valence-corrected chi connectivity index (χ1v) is 10.4. The van der Waals surface area contributed by atoms with E-state index in [-0.39, 0.29) is 19.1 Å². The zero-order valence-corrected chi connectivity index (χ0v) is 18.0. The number of carbonyl (C=O) groups excluding carboxylic acids is 2. The van der Waals surface area contributed by atoms with Crippen LogP contribution in [0, 0.1) is 0 Å². The number of nitrogens with zero attached hydrogens (tertiary/aromatic N) is 1. The Morgan fingerprint density at radius 1 is 1.25 bits per heavy atom. The molecule has 0 radical (unpaired) electrons. The summed E-state index contributed by atoms with van der Waals surface area (Å²) >= 11 is 6.39. The minimum atomic E-state index is -0.480. The van der Waals surface area contributed by atoms with Crippen LogP contribution < -0.4 is 9.47 Å². The van der Waals surface area contributed by atoms with E-state index in [0.717, 1.165) is 36.6 Å². The van der Waals surface area contributed by atoms with Gasteiger partial charge in [0, 0.05) is 0 Å². The van der Waals surface area contributed by atoms with Gasteiger partial charge in [-0.3, -0.25) is 14.5 Å². The highest BCUT2D eigenvalue weighted by atomic mass is 32.2. The molecule has 0 unspecified atom stereocenters. The third-order valence-corrected chi connectivity index (χ3v) is 5.33. The van der Waals surface area contributed by atoms with Gasteiger partial charge in [-0.15, -0.1) is 0 Å². The lowest BCUT2D eigenvalue weighted by Crippen LogP contribution is -2.34. The van der Waals surface area contributed by atoms with Crippen molar-refractivity contribution < 1.29 is 23.8 Å². The third-order valence-electron chi connectivity index (χ3n) is 3.96. The smallest absolute Gasteiger partial charge is 0.326 e. The molecule has 28 heavy (non-hydrogen) atoms. The molecule has 1 amide bonds. The third kappa shape index (κ3) is 5.97. The molecule has 6 nitrogen and oxygen atoms in total. The van der Waals surface area contributed by atoms with Crippen LogP contribution in [0.25, 0.3) is 6.08 Å². The summed E-state index contributed by atoms with van der Waals surface area (Å²) < 4.78 is 16.4. The molecule has 0 N–H and O–H groups in total. The minimum Gasteiger partial charge on any atom is -0.493 e. The maximum Gasteiger partial charge on any atom is 0.326 e. The van der Waals surface area contributed by atoms with Crippen molar-refractivity contribution >= 4 is 46.3 Å². The summed E-state index contributed by atoms with van der Waals surface area (Å²) in [4.78, 5) is 25.9.